The van der Waals surface area contributed by atoms with Gasteiger partial charge in [0, 0.05) is 44.1 Å². The number of anilines is 2. The van der Waals surface area contributed by atoms with E-state index >= 15 is 0 Å². The second kappa shape index (κ2) is 9.52. The number of hydrogen-bond donors (Lipinski definition) is 2. The molecule has 2 aliphatic heterocycles. The van der Waals surface area contributed by atoms with Gasteiger partial charge in [-0.3, -0.25) is 4.79 Å². The van der Waals surface area contributed by atoms with Gasteiger partial charge in [0.2, 0.25) is 5.91 Å². The third-order valence-electron chi connectivity index (χ3n) is 6.61. The van der Waals surface area contributed by atoms with E-state index in [2.05, 4.69) is 20.7 Å². The largest absolute Gasteiger partial charge is 0.416 e. The SMILES string of the molecule is CS(=O)(=O)CC(=O)Nc1c2c(nn1-c1ccc(C#N)cn1)CC1(CN(c3c(F)cc(C(F)(F)F)cc3F)C1)NC2. The number of alkyl halides is 3. The number of halogens is 5. The monoisotopic (exact) mass is 581 g/mol. The Balaban J connectivity index is 1.43. The molecule has 1 saturated heterocycles. The number of benzene rings is 1. The first kappa shape index (κ1) is 27.5. The van der Waals surface area contributed by atoms with Crippen LogP contribution in [-0.2, 0) is 33.8 Å². The summed E-state index contributed by atoms with van der Waals surface area (Å²) in [6.07, 6.45) is -2.46. The summed E-state index contributed by atoms with van der Waals surface area (Å²) in [5.74, 6) is -3.83. The smallest absolute Gasteiger partial charge is 0.363 e. The van der Waals surface area contributed by atoms with E-state index in [1.165, 1.54) is 27.9 Å². The fourth-order valence-electron chi connectivity index (χ4n) is 4.86. The summed E-state index contributed by atoms with van der Waals surface area (Å²) in [5.41, 5.74) is -1.40. The highest BCUT2D eigenvalue weighted by atomic mass is 32.2. The summed E-state index contributed by atoms with van der Waals surface area (Å²) in [6.45, 7) is 0.249. The van der Waals surface area contributed by atoms with Crippen LogP contribution in [0.25, 0.3) is 5.82 Å². The van der Waals surface area contributed by atoms with Crippen molar-refractivity contribution in [2.24, 2.45) is 0 Å². The van der Waals surface area contributed by atoms with E-state index in [0.717, 1.165) is 6.26 Å². The van der Waals surface area contributed by atoms with Gasteiger partial charge in [0.1, 0.15) is 35.0 Å². The average molecular weight is 582 g/mol. The molecule has 2 aromatic heterocycles. The van der Waals surface area contributed by atoms with E-state index in [1.54, 1.807) is 0 Å². The number of nitriles is 1. The standard InChI is InChI=1S/C24H20F5N7O3S/c1-40(38,39)10-20(37)33-22-15-9-32-23(6-18(15)34-36(22)19-3-2-13(7-30)8-31-19)11-35(12-23)21-16(25)4-14(5-17(21)26)24(27,28)29/h2-5,8,32H,6,9-12H2,1H3,(H,33,37). The first-order valence-electron chi connectivity index (χ1n) is 11.7. The van der Waals surface area contributed by atoms with Gasteiger partial charge in [-0.15, -0.1) is 0 Å². The van der Waals surface area contributed by atoms with E-state index in [-0.39, 0.29) is 55.4 Å². The molecule has 1 fully saturated rings. The lowest BCUT2D eigenvalue weighted by atomic mass is 9.81. The molecule has 0 radical (unpaired) electrons. The Morgan fingerprint density at radius 1 is 1.23 bits per heavy atom. The lowest BCUT2D eigenvalue weighted by Crippen LogP contribution is -2.71. The second-order valence-corrected chi connectivity index (χ2v) is 11.9. The number of nitrogens with one attached hydrogen (secondary N) is 2. The van der Waals surface area contributed by atoms with Crippen molar-refractivity contribution >= 4 is 27.2 Å². The minimum absolute atomic E-state index is 0.0589. The van der Waals surface area contributed by atoms with Gasteiger partial charge in [-0.2, -0.15) is 28.2 Å². The molecule has 1 aromatic carbocycles. The Morgan fingerprint density at radius 3 is 2.45 bits per heavy atom. The number of pyridine rings is 1. The lowest BCUT2D eigenvalue weighted by Gasteiger charge is -2.53. The molecule has 210 valence electrons. The number of amides is 1. The first-order chi connectivity index (χ1) is 18.7. The van der Waals surface area contributed by atoms with Gasteiger partial charge in [0.15, 0.2) is 15.7 Å². The molecule has 16 heteroatoms. The van der Waals surface area contributed by atoms with Crippen LogP contribution in [0.3, 0.4) is 0 Å². The molecule has 1 amide bonds. The highest BCUT2D eigenvalue weighted by Crippen LogP contribution is 2.40. The second-order valence-electron chi connectivity index (χ2n) is 9.77. The molecule has 4 heterocycles. The molecule has 0 unspecified atom stereocenters. The Bertz CT molecular complexity index is 1630. The number of aromatic nitrogens is 3. The molecule has 0 aliphatic carbocycles. The molecule has 40 heavy (non-hydrogen) atoms. The summed E-state index contributed by atoms with van der Waals surface area (Å²) < 4.78 is 92.3. The lowest BCUT2D eigenvalue weighted by molar-refractivity contribution is -0.138. The van der Waals surface area contributed by atoms with Gasteiger partial charge in [-0.25, -0.2) is 22.2 Å². The molecule has 5 rings (SSSR count). The normalized spacial score (nSPS) is 16.3. The number of rotatable bonds is 5. The van der Waals surface area contributed by atoms with Gasteiger partial charge in [0.25, 0.3) is 0 Å². The number of nitrogens with zero attached hydrogens (tertiary/aromatic N) is 5. The molecule has 0 bridgehead atoms. The van der Waals surface area contributed by atoms with Crippen molar-refractivity contribution in [3.05, 3.63) is 64.5 Å². The third-order valence-corrected chi connectivity index (χ3v) is 7.39. The van der Waals surface area contributed by atoms with Crippen molar-refractivity contribution in [1.82, 2.24) is 20.1 Å². The Morgan fingerprint density at radius 2 is 1.90 bits per heavy atom. The van der Waals surface area contributed by atoms with Crippen LogP contribution in [-0.4, -0.2) is 59.7 Å². The summed E-state index contributed by atoms with van der Waals surface area (Å²) >= 11 is 0. The topological polar surface area (TPSA) is 133 Å². The van der Waals surface area contributed by atoms with Crippen LogP contribution >= 0.6 is 0 Å². The fourth-order valence-corrected chi connectivity index (χ4v) is 5.41. The number of fused-ring (bicyclic) bond motifs is 1. The molecular weight excluding hydrogens is 561 g/mol. The predicted octanol–water partition coefficient (Wildman–Crippen LogP) is 2.32. The highest BCUT2D eigenvalue weighted by molar-refractivity contribution is 7.91. The van der Waals surface area contributed by atoms with E-state index in [9.17, 15) is 35.2 Å². The van der Waals surface area contributed by atoms with Crippen molar-refractivity contribution in [3.63, 3.8) is 0 Å². The Kier molecular flexibility index (Phi) is 6.54. The van der Waals surface area contributed by atoms with E-state index in [1.807, 2.05) is 6.07 Å². The van der Waals surface area contributed by atoms with Gasteiger partial charge >= 0.3 is 6.18 Å². The van der Waals surface area contributed by atoms with Crippen LogP contribution in [0.15, 0.2) is 30.5 Å². The first-order valence-corrected chi connectivity index (χ1v) is 13.8. The van der Waals surface area contributed by atoms with Gasteiger partial charge in [-0.05, 0) is 24.3 Å². The predicted molar refractivity (Wildman–Crippen MR) is 131 cm³/mol. The molecule has 0 atom stereocenters. The zero-order valence-corrected chi connectivity index (χ0v) is 21.5. The summed E-state index contributed by atoms with van der Waals surface area (Å²) in [6, 6.07) is 5.43. The number of sulfone groups is 1. The highest BCUT2D eigenvalue weighted by Gasteiger charge is 2.48. The molecule has 2 N–H and O–H groups in total. The molecular formula is C24H20F5N7O3S. The minimum atomic E-state index is -4.89. The maximum atomic E-state index is 14.5. The van der Waals surface area contributed by atoms with Crippen LogP contribution in [0.2, 0.25) is 0 Å². The summed E-state index contributed by atoms with van der Waals surface area (Å²) in [5, 5.41) is 19.4. The summed E-state index contributed by atoms with van der Waals surface area (Å²) in [4.78, 5) is 18.0. The fraction of sp³-hybridized carbons (Fsp3) is 0.333. The van der Waals surface area contributed by atoms with E-state index in [4.69, 9.17) is 5.26 Å². The number of carbonyl (C=O) groups excluding carboxylic acids is 1. The van der Waals surface area contributed by atoms with Crippen molar-refractivity contribution in [2.75, 3.05) is 35.3 Å². The van der Waals surface area contributed by atoms with E-state index in [0.29, 0.717) is 11.3 Å². The van der Waals surface area contributed by atoms with Crippen molar-refractivity contribution in [1.29, 1.82) is 5.26 Å². The molecule has 10 nitrogen and oxygen atoms in total. The van der Waals surface area contributed by atoms with Gasteiger partial charge < -0.3 is 15.5 Å². The average Bonchev–Trinajstić information content (AvgIpc) is 3.17. The van der Waals surface area contributed by atoms with Crippen LogP contribution in [0, 0.1) is 23.0 Å². The van der Waals surface area contributed by atoms with Gasteiger partial charge in [0.05, 0.1) is 22.4 Å². The maximum Gasteiger partial charge on any atom is 0.416 e. The van der Waals surface area contributed by atoms with Crippen LogP contribution in [0.1, 0.15) is 22.4 Å². The van der Waals surface area contributed by atoms with Crippen molar-refractivity contribution < 1.29 is 35.2 Å². The molecule has 2 aliphatic rings. The Hall–Kier alpha value is -4.10. The van der Waals surface area contributed by atoms with Crippen LogP contribution in [0.4, 0.5) is 33.5 Å². The van der Waals surface area contributed by atoms with Crippen molar-refractivity contribution in [2.45, 2.75) is 24.7 Å². The number of hydrogen-bond acceptors (Lipinski definition) is 8. The maximum absolute atomic E-state index is 14.5. The zero-order valence-electron chi connectivity index (χ0n) is 20.7. The van der Waals surface area contributed by atoms with Gasteiger partial charge in [-0.1, -0.05) is 0 Å². The molecule has 3 aromatic rings. The third kappa shape index (κ3) is 5.21. The molecule has 0 saturated carbocycles. The minimum Gasteiger partial charge on any atom is -0.363 e. The number of carbonyl (C=O) groups is 1. The molecule has 1 spiro atoms. The zero-order chi connectivity index (χ0) is 29.0. The van der Waals surface area contributed by atoms with Crippen molar-refractivity contribution in [3.8, 4) is 11.9 Å². The summed E-state index contributed by atoms with van der Waals surface area (Å²) in [7, 11) is -3.64. The Labute approximate surface area is 224 Å². The van der Waals surface area contributed by atoms with E-state index < -0.39 is 56.1 Å². The quantitative estimate of drug-likeness (QED) is 0.439. The van der Waals surface area contributed by atoms with Crippen LogP contribution < -0.4 is 15.5 Å². The van der Waals surface area contributed by atoms with Crippen LogP contribution in [0.5, 0.6) is 0 Å².